The van der Waals surface area contributed by atoms with Crippen molar-refractivity contribution in [1.82, 2.24) is 9.78 Å². The highest BCUT2D eigenvalue weighted by atomic mass is 15.3. The number of benzene rings is 3. The van der Waals surface area contributed by atoms with Crippen molar-refractivity contribution in [2.75, 3.05) is 0 Å². The van der Waals surface area contributed by atoms with Crippen molar-refractivity contribution < 1.29 is 0 Å². The topological polar surface area (TPSA) is 17.8 Å². The van der Waals surface area contributed by atoms with E-state index >= 15 is 0 Å². The summed E-state index contributed by atoms with van der Waals surface area (Å²) in [5.74, 6) is 0. The van der Waals surface area contributed by atoms with Crippen molar-refractivity contribution in [3.05, 3.63) is 107 Å². The SMILES string of the molecule is C=Cc1ccc(Cn2nc(-c3ccc(C)cc3)c(C)c2-c2ccc(C)cc2)cc1. The van der Waals surface area contributed by atoms with E-state index in [4.69, 9.17) is 5.10 Å². The van der Waals surface area contributed by atoms with Crippen LogP contribution in [-0.2, 0) is 6.54 Å². The van der Waals surface area contributed by atoms with Gasteiger partial charge < -0.3 is 0 Å². The molecule has 0 atom stereocenters. The number of hydrogen-bond donors (Lipinski definition) is 0. The van der Waals surface area contributed by atoms with Gasteiger partial charge in [-0.15, -0.1) is 0 Å². The quantitative estimate of drug-likeness (QED) is 0.372. The lowest BCUT2D eigenvalue weighted by Gasteiger charge is -2.10. The van der Waals surface area contributed by atoms with E-state index in [1.165, 1.54) is 33.5 Å². The van der Waals surface area contributed by atoms with Crippen LogP contribution in [0.25, 0.3) is 28.6 Å². The maximum atomic E-state index is 5.04. The Labute approximate surface area is 173 Å². The van der Waals surface area contributed by atoms with Crippen molar-refractivity contribution in [2.45, 2.75) is 27.3 Å². The molecular formula is C27H26N2. The molecule has 0 radical (unpaired) electrons. The third kappa shape index (κ3) is 3.93. The molecule has 0 saturated heterocycles. The van der Waals surface area contributed by atoms with Gasteiger partial charge in [0.2, 0.25) is 0 Å². The second kappa shape index (κ2) is 7.92. The Kier molecular flexibility index (Phi) is 5.18. The second-order valence-electron chi connectivity index (χ2n) is 7.66. The molecule has 0 aliphatic heterocycles. The molecule has 4 rings (SSSR count). The Hall–Kier alpha value is -3.39. The molecule has 144 valence electrons. The summed E-state index contributed by atoms with van der Waals surface area (Å²) in [6.45, 7) is 11.0. The third-order valence-electron chi connectivity index (χ3n) is 5.39. The smallest absolute Gasteiger partial charge is 0.0959 e. The normalized spacial score (nSPS) is 10.9. The van der Waals surface area contributed by atoms with Gasteiger partial charge in [0.25, 0.3) is 0 Å². The van der Waals surface area contributed by atoms with Gasteiger partial charge in [-0.25, -0.2) is 0 Å². The lowest BCUT2D eigenvalue weighted by atomic mass is 10.0. The van der Waals surface area contributed by atoms with Crippen molar-refractivity contribution in [2.24, 2.45) is 0 Å². The third-order valence-corrected chi connectivity index (χ3v) is 5.39. The molecule has 0 unspecified atom stereocenters. The summed E-state index contributed by atoms with van der Waals surface area (Å²) < 4.78 is 2.14. The van der Waals surface area contributed by atoms with Gasteiger partial charge in [-0.2, -0.15) is 5.10 Å². The summed E-state index contributed by atoms with van der Waals surface area (Å²) in [4.78, 5) is 0. The molecule has 2 nitrogen and oxygen atoms in total. The van der Waals surface area contributed by atoms with Crippen LogP contribution in [-0.4, -0.2) is 9.78 Å². The number of rotatable bonds is 5. The summed E-state index contributed by atoms with van der Waals surface area (Å²) in [5.41, 5.74) is 10.6. The molecule has 4 aromatic rings. The van der Waals surface area contributed by atoms with Gasteiger partial charge in [0.05, 0.1) is 17.9 Å². The Bertz CT molecular complexity index is 1130. The largest absolute Gasteiger partial charge is 0.260 e. The van der Waals surface area contributed by atoms with E-state index in [-0.39, 0.29) is 0 Å². The molecule has 0 amide bonds. The van der Waals surface area contributed by atoms with E-state index in [1.54, 1.807) is 0 Å². The van der Waals surface area contributed by atoms with Gasteiger partial charge in [0.15, 0.2) is 0 Å². The van der Waals surface area contributed by atoms with Gasteiger partial charge in [-0.1, -0.05) is 96.6 Å². The molecule has 0 saturated carbocycles. The molecule has 0 spiro atoms. The monoisotopic (exact) mass is 378 g/mol. The molecule has 29 heavy (non-hydrogen) atoms. The van der Waals surface area contributed by atoms with E-state index in [0.717, 1.165) is 23.4 Å². The van der Waals surface area contributed by atoms with Crippen LogP contribution in [0.15, 0.2) is 79.4 Å². The number of aromatic nitrogens is 2. The first kappa shape index (κ1) is 18.9. The van der Waals surface area contributed by atoms with E-state index < -0.39 is 0 Å². The molecule has 2 heteroatoms. The molecule has 1 heterocycles. The van der Waals surface area contributed by atoms with Gasteiger partial charge in [-0.05, 0) is 31.9 Å². The minimum atomic E-state index is 0.729. The van der Waals surface area contributed by atoms with Crippen LogP contribution < -0.4 is 0 Å². The van der Waals surface area contributed by atoms with E-state index in [0.29, 0.717) is 0 Å². The van der Waals surface area contributed by atoms with Crippen LogP contribution in [0.3, 0.4) is 0 Å². The molecule has 0 aliphatic carbocycles. The fourth-order valence-corrected chi connectivity index (χ4v) is 3.66. The van der Waals surface area contributed by atoms with Crippen LogP contribution in [0, 0.1) is 20.8 Å². The first-order chi connectivity index (χ1) is 14.0. The molecule has 0 fully saturated rings. The Balaban J connectivity index is 1.82. The van der Waals surface area contributed by atoms with Crippen molar-refractivity contribution >= 4 is 6.08 Å². The highest BCUT2D eigenvalue weighted by Crippen LogP contribution is 2.32. The molecule has 1 aromatic heterocycles. The first-order valence-corrected chi connectivity index (χ1v) is 9.98. The van der Waals surface area contributed by atoms with E-state index in [2.05, 4.69) is 105 Å². The van der Waals surface area contributed by atoms with Crippen LogP contribution in [0.1, 0.15) is 27.8 Å². The highest BCUT2D eigenvalue weighted by Gasteiger charge is 2.17. The van der Waals surface area contributed by atoms with Crippen LogP contribution in [0.4, 0.5) is 0 Å². The lowest BCUT2D eigenvalue weighted by Crippen LogP contribution is -2.04. The summed E-state index contributed by atoms with van der Waals surface area (Å²) in [7, 11) is 0. The number of hydrogen-bond acceptors (Lipinski definition) is 1. The predicted octanol–water partition coefficient (Wildman–Crippen LogP) is 6.83. The fraction of sp³-hybridized carbons (Fsp3) is 0.148. The average molecular weight is 379 g/mol. The summed E-state index contributed by atoms with van der Waals surface area (Å²) in [6.07, 6.45) is 1.87. The molecule has 3 aromatic carbocycles. The lowest BCUT2D eigenvalue weighted by molar-refractivity contribution is 0.696. The Morgan fingerprint density at radius 3 is 1.86 bits per heavy atom. The average Bonchev–Trinajstić information content (AvgIpc) is 3.06. The van der Waals surface area contributed by atoms with Gasteiger partial charge in [0, 0.05) is 16.7 Å². The van der Waals surface area contributed by atoms with E-state index in [9.17, 15) is 0 Å². The van der Waals surface area contributed by atoms with Crippen molar-refractivity contribution in [3.63, 3.8) is 0 Å². The maximum absolute atomic E-state index is 5.04. The van der Waals surface area contributed by atoms with Crippen molar-refractivity contribution in [3.8, 4) is 22.5 Å². The highest BCUT2D eigenvalue weighted by molar-refractivity contribution is 5.74. The van der Waals surface area contributed by atoms with Crippen LogP contribution in [0.2, 0.25) is 0 Å². The van der Waals surface area contributed by atoms with E-state index in [1.807, 2.05) is 6.08 Å². The zero-order chi connectivity index (χ0) is 20.4. The molecule has 0 aliphatic rings. The van der Waals surface area contributed by atoms with Gasteiger partial charge in [0.1, 0.15) is 0 Å². The van der Waals surface area contributed by atoms with Crippen LogP contribution >= 0.6 is 0 Å². The maximum Gasteiger partial charge on any atom is 0.0959 e. The number of aryl methyl sites for hydroxylation is 2. The summed E-state index contributed by atoms with van der Waals surface area (Å²) in [5, 5.41) is 5.04. The molecular weight excluding hydrogens is 352 g/mol. The predicted molar refractivity (Wildman–Crippen MR) is 123 cm³/mol. The zero-order valence-electron chi connectivity index (χ0n) is 17.3. The van der Waals surface area contributed by atoms with Gasteiger partial charge >= 0.3 is 0 Å². The van der Waals surface area contributed by atoms with Crippen molar-refractivity contribution in [1.29, 1.82) is 0 Å². The Morgan fingerprint density at radius 1 is 0.759 bits per heavy atom. The minimum Gasteiger partial charge on any atom is -0.260 e. The van der Waals surface area contributed by atoms with Gasteiger partial charge in [-0.3, -0.25) is 4.68 Å². The standard InChI is InChI=1S/C27H26N2/c1-5-22-10-12-23(13-11-22)18-29-27(25-16-8-20(3)9-17-25)21(4)26(28-29)24-14-6-19(2)7-15-24/h5-17H,1,18H2,2-4H3. The minimum absolute atomic E-state index is 0.729. The first-order valence-electron chi connectivity index (χ1n) is 9.98. The second-order valence-corrected chi connectivity index (χ2v) is 7.66. The molecule has 0 N–H and O–H groups in total. The van der Waals surface area contributed by atoms with Crippen LogP contribution in [0.5, 0.6) is 0 Å². The summed E-state index contributed by atoms with van der Waals surface area (Å²) >= 11 is 0. The fourth-order valence-electron chi connectivity index (χ4n) is 3.66. The summed E-state index contributed by atoms with van der Waals surface area (Å²) in [6, 6.07) is 25.8. The zero-order valence-corrected chi connectivity index (χ0v) is 17.3. The molecule has 0 bridgehead atoms. The number of nitrogens with zero attached hydrogens (tertiary/aromatic N) is 2. The Morgan fingerprint density at radius 2 is 1.31 bits per heavy atom.